The molecule has 4 fully saturated rings. The molecule has 0 aromatic carbocycles. The van der Waals surface area contributed by atoms with Gasteiger partial charge in [-0.1, -0.05) is 6.42 Å². The van der Waals surface area contributed by atoms with Crippen LogP contribution in [0.5, 0.6) is 0 Å². The monoisotopic (exact) mass is 189 g/mol. The van der Waals surface area contributed by atoms with E-state index in [1.54, 1.807) is 38.5 Å². The minimum absolute atomic E-state index is 1.05. The van der Waals surface area contributed by atoms with E-state index in [2.05, 4.69) is 6.42 Å². The Bertz CT molecular complexity index is 218. The molecule has 1 radical (unpaired) electrons. The minimum atomic E-state index is 1.05. The van der Waals surface area contributed by atoms with Gasteiger partial charge in [0.1, 0.15) is 0 Å². The van der Waals surface area contributed by atoms with Gasteiger partial charge in [0.25, 0.3) is 0 Å². The number of fused-ring (bicyclic) bond motifs is 4. The van der Waals surface area contributed by atoms with Crippen molar-refractivity contribution in [3.05, 3.63) is 6.42 Å². The molecule has 6 atom stereocenters. The summed E-state index contributed by atoms with van der Waals surface area (Å²) in [7, 11) is 0. The van der Waals surface area contributed by atoms with E-state index in [0.29, 0.717) is 0 Å². The van der Waals surface area contributed by atoms with Crippen LogP contribution in [0.15, 0.2) is 0 Å². The molecule has 4 aliphatic carbocycles. The lowest BCUT2D eigenvalue weighted by Gasteiger charge is -2.33. The van der Waals surface area contributed by atoms with Crippen LogP contribution in [0.2, 0.25) is 0 Å². The summed E-state index contributed by atoms with van der Waals surface area (Å²) < 4.78 is 0. The molecule has 0 aromatic rings. The Morgan fingerprint density at radius 3 is 2.29 bits per heavy atom. The van der Waals surface area contributed by atoms with Gasteiger partial charge in [-0.3, -0.25) is 0 Å². The third-order valence-corrected chi connectivity index (χ3v) is 5.84. The molecule has 77 valence electrons. The fourth-order valence-corrected chi connectivity index (χ4v) is 5.31. The molecular weight excluding hydrogens is 168 g/mol. The first-order chi connectivity index (χ1) is 6.90. The van der Waals surface area contributed by atoms with Crippen LogP contribution in [0.3, 0.4) is 0 Å². The molecule has 0 aliphatic heterocycles. The third kappa shape index (κ3) is 1.01. The highest BCUT2D eigenvalue weighted by atomic mass is 14.5. The summed E-state index contributed by atoms with van der Waals surface area (Å²) in [4.78, 5) is 0. The van der Waals surface area contributed by atoms with Gasteiger partial charge < -0.3 is 0 Å². The van der Waals surface area contributed by atoms with E-state index < -0.39 is 0 Å². The zero-order valence-electron chi connectivity index (χ0n) is 8.99. The standard InChI is InChI=1S/C14H21/c1-3-11-5-9(1)7-13(11)14-8-10-2-4-12(14)6-10/h7,9-14H,1-6,8H2. The highest BCUT2D eigenvalue weighted by Gasteiger charge is 2.50. The van der Waals surface area contributed by atoms with Crippen LogP contribution in [0.1, 0.15) is 44.9 Å². The Labute approximate surface area is 87.5 Å². The van der Waals surface area contributed by atoms with Crippen molar-refractivity contribution in [2.45, 2.75) is 44.9 Å². The number of hydrogen-bond donors (Lipinski definition) is 0. The summed E-state index contributed by atoms with van der Waals surface area (Å²) in [6.07, 6.45) is 13.8. The van der Waals surface area contributed by atoms with Crippen LogP contribution in [0, 0.1) is 41.9 Å². The summed E-state index contributed by atoms with van der Waals surface area (Å²) >= 11 is 0. The Morgan fingerprint density at radius 2 is 1.71 bits per heavy atom. The Morgan fingerprint density at radius 1 is 0.786 bits per heavy atom. The van der Waals surface area contributed by atoms with Crippen molar-refractivity contribution in [1.29, 1.82) is 0 Å². The van der Waals surface area contributed by atoms with Crippen molar-refractivity contribution in [1.82, 2.24) is 0 Å². The number of hydrogen-bond acceptors (Lipinski definition) is 0. The van der Waals surface area contributed by atoms with Crippen molar-refractivity contribution in [3.8, 4) is 0 Å². The molecule has 14 heavy (non-hydrogen) atoms. The molecule has 0 heteroatoms. The minimum Gasteiger partial charge on any atom is -0.0502 e. The largest absolute Gasteiger partial charge is 0.0502 e. The van der Waals surface area contributed by atoms with Gasteiger partial charge in [0.2, 0.25) is 0 Å². The summed E-state index contributed by atoms with van der Waals surface area (Å²) in [6.45, 7) is 0. The first-order valence-electron chi connectivity index (χ1n) is 6.75. The van der Waals surface area contributed by atoms with Gasteiger partial charge in [-0.25, -0.2) is 0 Å². The molecular formula is C14H21. The van der Waals surface area contributed by atoms with Gasteiger partial charge in [-0.2, -0.15) is 0 Å². The summed E-state index contributed by atoms with van der Waals surface area (Å²) in [5, 5.41) is 0. The summed E-state index contributed by atoms with van der Waals surface area (Å²) in [6, 6.07) is 0. The molecule has 0 saturated heterocycles. The van der Waals surface area contributed by atoms with E-state index in [1.807, 2.05) is 0 Å². The van der Waals surface area contributed by atoms with Crippen LogP contribution < -0.4 is 0 Å². The van der Waals surface area contributed by atoms with Crippen molar-refractivity contribution in [2.24, 2.45) is 35.5 Å². The van der Waals surface area contributed by atoms with E-state index in [4.69, 9.17) is 0 Å². The lowest BCUT2D eigenvalue weighted by Crippen LogP contribution is -2.25. The van der Waals surface area contributed by atoms with E-state index in [1.165, 1.54) is 6.42 Å². The highest BCUT2D eigenvalue weighted by molar-refractivity contribution is 5.07. The van der Waals surface area contributed by atoms with Crippen LogP contribution in [0.25, 0.3) is 0 Å². The SMILES string of the molecule is [CH]1C2CCC(C2)C1C1CC2CCC1C2. The van der Waals surface area contributed by atoms with E-state index >= 15 is 0 Å². The second-order valence-electron chi connectivity index (χ2n) is 6.44. The van der Waals surface area contributed by atoms with Crippen molar-refractivity contribution in [3.63, 3.8) is 0 Å². The third-order valence-electron chi connectivity index (χ3n) is 5.84. The highest BCUT2D eigenvalue weighted by Crippen LogP contribution is 2.59. The van der Waals surface area contributed by atoms with Crippen LogP contribution in [0.4, 0.5) is 0 Å². The van der Waals surface area contributed by atoms with Crippen molar-refractivity contribution >= 4 is 0 Å². The zero-order valence-corrected chi connectivity index (χ0v) is 8.99. The Balaban J connectivity index is 1.54. The van der Waals surface area contributed by atoms with Crippen molar-refractivity contribution < 1.29 is 0 Å². The van der Waals surface area contributed by atoms with Gasteiger partial charge in [0.05, 0.1) is 0 Å². The Hall–Kier alpha value is 0. The topological polar surface area (TPSA) is 0 Å². The fourth-order valence-electron chi connectivity index (χ4n) is 5.31. The second kappa shape index (κ2) is 2.77. The average Bonchev–Trinajstić information content (AvgIpc) is 2.96. The van der Waals surface area contributed by atoms with Gasteiger partial charge in [-0.05, 0) is 80.5 Å². The molecule has 0 heterocycles. The molecule has 4 bridgehead atoms. The fraction of sp³-hybridized carbons (Fsp3) is 0.929. The molecule has 4 aliphatic rings. The molecule has 0 aromatic heterocycles. The van der Waals surface area contributed by atoms with Crippen LogP contribution in [-0.2, 0) is 0 Å². The predicted molar refractivity (Wildman–Crippen MR) is 57.6 cm³/mol. The molecule has 0 amide bonds. The maximum absolute atomic E-state index is 2.78. The van der Waals surface area contributed by atoms with Gasteiger partial charge in [0, 0.05) is 0 Å². The molecule has 4 rings (SSSR count). The Kier molecular flexibility index (Phi) is 1.62. The first-order valence-corrected chi connectivity index (χ1v) is 6.75. The van der Waals surface area contributed by atoms with Gasteiger partial charge in [0.15, 0.2) is 0 Å². The number of rotatable bonds is 1. The molecule has 4 saturated carbocycles. The van der Waals surface area contributed by atoms with Gasteiger partial charge >= 0.3 is 0 Å². The zero-order chi connectivity index (χ0) is 9.12. The smallest absolute Gasteiger partial charge is 0.0318 e. The predicted octanol–water partition coefficient (Wildman–Crippen LogP) is 3.67. The maximum atomic E-state index is 2.78. The average molecular weight is 189 g/mol. The van der Waals surface area contributed by atoms with Crippen LogP contribution >= 0.6 is 0 Å². The first kappa shape index (κ1) is 8.19. The molecule has 0 nitrogen and oxygen atoms in total. The summed E-state index contributed by atoms with van der Waals surface area (Å²) in [5.74, 6) is 6.69. The lowest BCUT2D eigenvalue weighted by molar-refractivity contribution is 0.198. The van der Waals surface area contributed by atoms with E-state index in [0.717, 1.165) is 35.5 Å². The molecule has 0 N–H and O–H groups in total. The van der Waals surface area contributed by atoms with E-state index in [-0.39, 0.29) is 0 Å². The normalized spacial score (nSPS) is 60.0. The van der Waals surface area contributed by atoms with Gasteiger partial charge in [-0.15, -0.1) is 0 Å². The lowest BCUT2D eigenvalue weighted by atomic mass is 9.72. The summed E-state index contributed by atoms with van der Waals surface area (Å²) in [5.41, 5.74) is 0. The maximum Gasteiger partial charge on any atom is -0.0318 e. The molecule has 0 spiro atoms. The van der Waals surface area contributed by atoms with Crippen LogP contribution in [-0.4, -0.2) is 0 Å². The quantitative estimate of drug-likeness (QED) is 0.590. The van der Waals surface area contributed by atoms with Crippen molar-refractivity contribution in [2.75, 3.05) is 0 Å². The second-order valence-corrected chi connectivity index (χ2v) is 6.44. The molecule has 6 unspecified atom stereocenters. The van der Waals surface area contributed by atoms with E-state index in [9.17, 15) is 0 Å².